The van der Waals surface area contributed by atoms with Crippen molar-refractivity contribution in [3.8, 4) is 0 Å². The lowest BCUT2D eigenvalue weighted by atomic mass is 10.3. The van der Waals surface area contributed by atoms with E-state index in [1.54, 1.807) is 4.68 Å². The molecule has 0 unspecified atom stereocenters. The van der Waals surface area contributed by atoms with Crippen LogP contribution in [0.2, 0.25) is 0 Å². The number of carbonyl (C=O) groups is 1. The zero-order valence-electron chi connectivity index (χ0n) is 13.2. The van der Waals surface area contributed by atoms with Gasteiger partial charge in [0, 0.05) is 31.4 Å². The van der Waals surface area contributed by atoms with E-state index in [0.29, 0.717) is 18.1 Å². The molecule has 0 aliphatic heterocycles. The number of aromatic nitrogens is 5. The van der Waals surface area contributed by atoms with Gasteiger partial charge >= 0.3 is 0 Å². The maximum atomic E-state index is 12.1. The van der Waals surface area contributed by atoms with E-state index in [0.717, 1.165) is 17.2 Å². The van der Waals surface area contributed by atoms with E-state index < -0.39 is 0 Å². The first-order chi connectivity index (χ1) is 10.5. The fourth-order valence-corrected chi connectivity index (χ4v) is 2.85. The molecule has 0 aliphatic carbocycles. The first kappa shape index (κ1) is 16.4. The fraction of sp³-hybridized carbons (Fsp3) is 0.500. The molecule has 2 heterocycles. The topological polar surface area (TPSA) is 85.6 Å². The van der Waals surface area contributed by atoms with Crippen molar-refractivity contribution < 1.29 is 4.79 Å². The highest BCUT2D eigenvalue weighted by molar-refractivity contribution is 8.00. The van der Waals surface area contributed by atoms with Crippen molar-refractivity contribution in [1.29, 1.82) is 0 Å². The second-order valence-electron chi connectivity index (χ2n) is 5.03. The van der Waals surface area contributed by atoms with Crippen LogP contribution in [-0.4, -0.2) is 42.4 Å². The molecule has 1 atom stereocenters. The Morgan fingerprint density at radius 3 is 2.64 bits per heavy atom. The van der Waals surface area contributed by atoms with Gasteiger partial charge in [-0.25, -0.2) is 15.0 Å². The first-order valence-corrected chi connectivity index (χ1v) is 7.93. The molecule has 2 aromatic rings. The molecule has 0 aromatic carbocycles. The molecule has 0 saturated heterocycles. The molecule has 22 heavy (non-hydrogen) atoms. The van der Waals surface area contributed by atoms with E-state index in [1.165, 1.54) is 18.1 Å². The Kier molecular flexibility index (Phi) is 5.48. The Morgan fingerprint density at radius 2 is 2.05 bits per heavy atom. The smallest absolute Gasteiger partial charge is 0.233 e. The maximum Gasteiger partial charge on any atom is 0.233 e. The number of amides is 1. The normalized spacial score (nSPS) is 12.2. The number of carbonyl (C=O) groups excluding carboxylic acids is 1. The van der Waals surface area contributed by atoms with Crippen LogP contribution in [0.25, 0.3) is 0 Å². The third-order valence-corrected chi connectivity index (χ3v) is 4.03. The van der Waals surface area contributed by atoms with Crippen LogP contribution < -0.4 is 5.32 Å². The van der Waals surface area contributed by atoms with Crippen molar-refractivity contribution in [3.63, 3.8) is 0 Å². The zero-order chi connectivity index (χ0) is 16.1. The Balaban J connectivity index is 1.83. The van der Waals surface area contributed by atoms with Gasteiger partial charge in [0.2, 0.25) is 5.91 Å². The number of thioether (sulfide) groups is 1. The van der Waals surface area contributed by atoms with Gasteiger partial charge in [0.05, 0.1) is 5.25 Å². The average molecular weight is 320 g/mol. The molecule has 2 aromatic heterocycles. The Labute approximate surface area is 134 Å². The lowest BCUT2D eigenvalue weighted by molar-refractivity contribution is -0.120. The molecule has 118 valence electrons. The monoisotopic (exact) mass is 320 g/mol. The molecule has 0 bridgehead atoms. The van der Waals surface area contributed by atoms with E-state index in [2.05, 4.69) is 25.4 Å². The van der Waals surface area contributed by atoms with Gasteiger partial charge < -0.3 is 5.32 Å². The van der Waals surface area contributed by atoms with E-state index in [9.17, 15) is 4.79 Å². The highest BCUT2D eigenvalue weighted by Gasteiger charge is 2.16. The third kappa shape index (κ3) is 4.52. The molecule has 1 N–H and O–H groups in total. The summed E-state index contributed by atoms with van der Waals surface area (Å²) < 4.78 is 1.70. The van der Waals surface area contributed by atoms with Crippen LogP contribution in [0.3, 0.4) is 0 Å². The molecule has 0 saturated carbocycles. The molecule has 2 rings (SSSR count). The minimum absolute atomic E-state index is 0.0325. The molecule has 0 fully saturated rings. The number of nitrogens with zero attached hydrogens (tertiary/aromatic N) is 5. The van der Waals surface area contributed by atoms with Crippen LogP contribution in [0.15, 0.2) is 17.6 Å². The molecular weight excluding hydrogens is 300 g/mol. The van der Waals surface area contributed by atoms with E-state index in [-0.39, 0.29) is 11.2 Å². The SMILES string of the molecule is Cc1cc(C)nc(S[C@H](C)C(=O)NCCc2ncnn2C)n1. The third-order valence-electron chi connectivity index (χ3n) is 3.07. The van der Waals surface area contributed by atoms with Gasteiger partial charge in [-0.2, -0.15) is 5.10 Å². The van der Waals surface area contributed by atoms with E-state index in [1.807, 2.05) is 33.9 Å². The number of aryl methyl sites for hydroxylation is 3. The van der Waals surface area contributed by atoms with Crippen LogP contribution in [0.4, 0.5) is 0 Å². The summed E-state index contributed by atoms with van der Waals surface area (Å²) in [6.45, 7) is 6.22. The van der Waals surface area contributed by atoms with Gasteiger partial charge in [0.25, 0.3) is 0 Å². The second-order valence-corrected chi connectivity index (χ2v) is 6.34. The Morgan fingerprint density at radius 1 is 1.36 bits per heavy atom. The molecule has 0 aliphatic rings. The summed E-state index contributed by atoms with van der Waals surface area (Å²) in [5.41, 5.74) is 1.81. The molecule has 8 heteroatoms. The van der Waals surface area contributed by atoms with Crippen LogP contribution in [0.1, 0.15) is 24.1 Å². The number of hydrogen-bond acceptors (Lipinski definition) is 6. The number of hydrogen-bond donors (Lipinski definition) is 1. The zero-order valence-corrected chi connectivity index (χ0v) is 14.0. The van der Waals surface area contributed by atoms with Crippen LogP contribution in [0.5, 0.6) is 0 Å². The van der Waals surface area contributed by atoms with Crippen molar-refractivity contribution in [2.24, 2.45) is 7.05 Å². The van der Waals surface area contributed by atoms with Gasteiger partial charge in [0.1, 0.15) is 12.2 Å². The minimum atomic E-state index is -0.249. The van der Waals surface area contributed by atoms with Crippen LogP contribution in [0, 0.1) is 13.8 Å². The minimum Gasteiger partial charge on any atom is -0.355 e. The lowest BCUT2D eigenvalue weighted by Gasteiger charge is -2.11. The summed E-state index contributed by atoms with van der Waals surface area (Å²) in [4.78, 5) is 24.9. The number of rotatable bonds is 6. The summed E-state index contributed by atoms with van der Waals surface area (Å²) in [6, 6.07) is 1.91. The quantitative estimate of drug-likeness (QED) is 0.633. The maximum absolute atomic E-state index is 12.1. The summed E-state index contributed by atoms with van der Waals surface area (Å²) in [5.74, 6) is 0.813. The van der Waals surface area contributed by atoms with Crippen molar-refractivity contribution in [3.05, 3.63) is 29.6 Å². The predicted octanol–water partition coefficient (Wildman–Crippen LogP) is 1.06. The van der Waals surface area contributed by atoms with E-state index in [4.69, 9.17) is 0 Å². The molecule has 0 spiro atoms. The first-order valence-electron chi connectivity index (χ1n) is 7.05. The van der Waals surface area contributed by atoms with Crippen molar-refractivity contribution in [1.82, 2.24) is 30.0 Å². The van der Waals surface area contributed by atoms with Gasteiger partial charge in [-0.1, -0.05) is 11.8 Å². The molecule has 1 amide bonds. The van der Waals surface area contributed by atoms with Crippen molar-refractivity contribution >= 4 is 17.7 Å². The molecular formula is C14H20N6OS. The highest BCUT2D eigenvalue weighted by Crippen LogP contribution is 2.20. The standard InChI is InChI=1S/C14H20N6OS/c1-9-7-10(2)19-14(18-9)22-11(3)13(21)15-6-5-12-16-8-17-20(12)4/h7-8,11H,5-6H2,1-4H3,(H,15,21)/t11-/m1/s1. The summed E-state index contributed by atoms with van der Waals surface area (Å²) in [7, 11) is 1.83. The Bertz CT molecular complexity index is 636. The Hall–Kier alpha value is -1.96. The number of nitrogens with one attached hydrogen (secondary N) is 1. The van der Waals surface area contributed by atoms with Crippen molar-refractivity contribution in [2.75, 3.05) is 6.54 Å². The van der Waals surface area contributed by atoms with Crippen LogP contribution >= 0.6 is 11.8 Å². The van der Waals surface area contributed by atoms with Crippen LogP contribution in [-0.2, 0) is 18.3 Å². The van der Waals surface area contributed by atoms with Gasteiger partial charge in [-0.05, 0) is 26.8 Å². The predicted molar refractivity (Wildman–Crippen MR) is 84.5 cm³/mol. The van der Waals surface area contributed by atoms with Gasteiger partial charge in [-0.15, -0.1) is 0 Å². The average Bonchev–Trinajstić information content (AvgIpc) is 2.83. The second kappa shape index (κ2) is 7.35. The summed E-state index contributed by atoms with van der Waals surface area (Å²) >= 11 is 1.36. The van der Waals surface area contributed by atoms with E-state index >= 15 is 0 Å². The summed E-state index contributed by atoms with van der Waals surface area (Å²) in [5, 5.41) is 7.28. The highest BCUT2D eigenvalue weighted by atomic mass is 32.2. The fourth-order valence-electron chi connectivity index (χ4n) is 1.95. The lowest BCUT2D eigenvalue weighted by Crippen LogP contribution is -2.33. The summed E-state index contributed by atoms with van der Waals surface area (Å²) in [6.07, 6.45) is 2.16. The molecule has 0 radical (unpaired) electrons. The largest absolute Gasteiger partial charge is 0.355 e. The van der Waals surface area contributed by atoms with Gasteiger partial charge in [0.15, 0.2) is 5.16 Å². The van der Waals surface area contributed by atoms with Crippen molar-refractivity contribution in [2.45, 2.75) is 37.6 Å². The molecule has 7 nitrogen and oxygen atoms in total. The van der Waals surface area contributed by atoms with Gasteiger partial charge in [-0.3, -0.25) is 9.48 Å².